The third kappa shape index (κ3) is 2.59. The van der Waals surface area contributed by atoms with Gasteiger partial charge in [0, 0.05) is 48.4 Å². The van der Waals surface area contributed by atoms with Crippen LogP contribution in [0.25, 0.3) is 28.0 Å². The number of aromatic nitrogens is 4. The van der Waals surface area contributed by atoms with Crippen LogP contribution in [0.2, 0.25) is 0 Å². The smallest absolute Gasteiger partial charge is 0.137 e. The predicted octanol–water partition coefficient (Wildman–Crippen LogP) is 4.30. The molecule has 0 radical (unpaired) electrons. The number of aryl methyl sites for hydroxylation is 3. The molecule has 0 unspecified atom stereocenters. The first kappa shape index (κ1) is 15.5. The van der Waals surface area contributed by atoms with Gasteiger partial charge in [-0.1, -0.05) is 0 Å². The maximum absolute atomic E-state index is 14.7. The molecule has 3 heterocycles. The summed E-state index contributed by atoms with van der Waals surface area (Å²) in [7, 11) is 1.78. The van der Waals surface area contributed by atoms with Crippen LogP contribution >= 0.6 is 0 Å². The normalized spacial score (nSPS) is 11.4. The van der Waals surface area contributed by atoms with Crippen LogP contribution in [-0.4, -0.2) is 19.2 Å². The summed E-state index contributed by atoms with van der Waals surface area (Å²) in [5, 5.41) is 4.28. The van der Waals surface area contributed by atoms with Crippen LogP contribution in [-0.2, 0) is 7.05 Å². The quantitative estimate of drug-likeness (QED) is 0.546. The summed E-state index contributed by atoms with van der Waals surface area (Å²) < 4.78 is 32.1. The van der Waals surface area contributed by atoms with Gasteiger partial charge in [-0.05, 0) is 37.6 Å². The molecule has 4 rings (SSSR count). The van der Waals surface area contributed by atoms with Crippen molar-refractivity contribution in [1.29, 1.82) is 0 Å². The van der Waals surface area contributed by atoms with Crippen molar-refractivity contribution in [2.75, 3.05) is 0 Å². The van der Waals surface area contributed by atoms with E-state index < -0.39 is 11.6 Å². The molecule has 25 heavy (non-hydrogen) atoms. The van der Waals surface area contributed by atoms with Crippen molar-refractivity contribution < 1.29 is 8.78 Å². The van der Waals surface area contributed by atoms with Crippen LogP contribution in [0.4, 0.5) is 8.78 Å². The molecule has 0 aliphatic carbocycles. The van der Waals surface area contributed by atoms with E-state index in [1.165, 1.54) is 6.07 Å². The number of imidazole rings is 1. The van der Waals surface area contributed by atoms with Gasteiger partial charge in [0.1, 0.15) is 17.3 Å². The molecule has 0 aliphatic rings. The largest absolute Gasteiger partial charge is 0.306 e. The van der Waals surface area contributed by atoms with Crippen LogP contribution in [0, 0.1) is 25.5 Å². The molecule has 4 aromatic rings. The first-order valence-corrected chi connectivity index (χ1v) is 7.88. The summed E-state index contributed by atoms with van der Waals surface area (Å²) in [4.78, 5) is 4.53. The van der Waals surface area contributed by atoms with Gasteiger partial charge in [0.25, 0.3) is 0 Å². The molecule has 0 amide bonds. The summed E-state index contributed by atoms with van der Waals surface area (Å²) in [6.45, 7) is 3.78. The molecular formula is C19H16F2N4. The van der Waals surface area contributed by atoms with Crippen molar-refractivity contribution in [2.45, 2.75) is 13.8 Å². The Bertz CT molecular complexity index is 1110. The van der Waals surface area contributed by atoms with Gasteiger partial charge >= 0.3 is 0 Å². The number of halogens is 2. The fraction of sp³-hybridized carbons (Fsp3) is 0.158. The molecule has 0 N–H and O–H groups in total. The maximum Gasteiger partial charge on any atom is 0.137 e. The van der Waals surface area contributed by atoms with Crippen molar-refractivity contribution in [3.05, 3.63) is 65.7 Å². The highest BCUT2D eigenvalue weighted by molar-refractivity contribution is 5.83. The Hall–Kier alpha value is -3.02. The van der Waals surface area contributed by atoms with Crippen LogP contribution in [0.5, 0.6) is 0 Å². The maximum atomic E-state index is 14.7. The van der Waals surface area contributed by atoms with E-state index in [4.69, 9.17) is 0 Å². The Morgan fingerprint density at radius 3 is 2.52 bits per heavy atom. The number of hydrogen-bond acceptors (Lipinski definition) is 2. The highest BCUT2D eigenvalue weighted by Gasteiger charge is 2.20. The second kappa shape index (κ2) is 5.51. The molecule has 0 aliphatic heterocycles. The lowest BCUT2D eigenvalue weighted by molar-refractivity contribution is 0.586. The van der Waals surface area contributed by atoms with Gasteiger partial charge in [0.2, 0.25) is 0 Å². The van der Waals surface area contributed by atoms with Gasteiger partial charge in [0.15, 0.2) is 0 Å². The summed E-state index contributed by atoms with van der Waals surface area (Å²) in [5.41, 5.74) is 4.35. The molecule has 1 aromatic carbocycles. The van der Waals surface area contributed by atoms with E-state index >= 15 is 0 Å². The van der Waals surface area contributed by atoms with Gasteiger partial charge in [-0.3, -0.25) is 4.68 Å². The van der Waals surface area contributed by atoms with E-state index in [9.17, 15) is 8.78 Å². The van der Waals surface area contributed by atoms with E-state index in [1.54, 1.807) is 24.1 Å². The van der Waals surface area contributed by atoms with Crippen LogP contribution in [0.3, 0.4) is 0 Å². The van der Waals surface area contributed by atoms with Gasteiger partial charge in [0.05, 0.1) is 11.4 Å². The first-order chi connectivity index (χ1) is 11.9. The topological polar surface area (TPSA) is 35.1 Å². The zero-order chi connectivity index (χ0) is 17.7. The molecule has 0 saturated carbocycles. The molecule has 0 saturated heterocycles. The number of pyridine rings is 1. The Morgan fingerprint density at radius 1 is 1.00 bits per heavy atom. The van der Waals surface area contributed by atoms with Gasteiger partial charge in [-0.15, -0.1) is 0 Å². The van der Waals surface area contributed by atoms with E-state index in [1.807, 2.05) is 36.6 Å². The minimum atomic E-state index is -0.640. The minimum absolute atomic E-state index is 0.277. The number of nitrogens with zero attached hydrogens (tertiary/aromatic N) is 4. The van der Waals surface area contributed by atoms with E-state index in [0.29, 0.717) is 28.2 Å². The predicted molar refractivity (Wildman–Crippen MR) is 92.2 cm³/mol. The molecular weight excluding hydrogens is 322 g/mol. The number of fused-ring (bicyclic) bond motifs is 1. The molecule has 0 bridgehead atoms. The molecule has 0 fully saturated rings. The number of hydrogen-bond donors (Lipinski definition) is 0. The van der Waals surface area contributed by atoms with E-state index in [2.05, 4.69) is 10.1 Å². The zero-order valence-electron chi connectivity index (χ0n) is 14.1. The molecule has 6 heteroatoms. The van der Waals surface area contributed by atoms with Crippen LogP contribution in [0.15, 0.2) is 42.9 Å². The van der Waals surface area contributed by atoms with Crippen molar-refractivity contribution in [3.8, 4) is 22.4 Å². The van der Waals surface area contributed by atoms with Crippen molar-refractivity contribution in [2.24, 2.45) is 7.05 Å². The van der Waals surface area contributed by atoms with Gasteiger partial charge < -0.3 is 4.40 Å². The second-order valence-electron chi connectivity index (χ2n) is 6.21. The standard InChI is InChI=1S/C19H16F2N4/c1-11-4-5-25-10-17(22-18(25)6-11)19-14(7-13(20)8-16(19)21)15-9-24(3)23-12(15)2/h4-10H,1-3H3. The lowest BCUT2D eigenvalue weighted by atomic mass is 9.97. The van der Waals surface area contributed by atoms with Crippen molar-refractivity contribution in [1.82, 2.24) is 19.2 Å². The second-order valence-corrected chi connectivity index (χ2v) is 6.21. The van der Waals surface area contributed by atoms with Gasteiger partial charge in [-0.25, -0.2) is 13.8 Å². The summed E-state index contributed by atoms with van der Waals surface area (Å²) >= 11 is 0. The lowest BCUT2D eigenvalue weighted by Crippen LogP contribution is -1.93. The fourth-order valence-corrected chi connectivity index (χ4v) is 3.11. The van der Waals surface area contributed by atoms with Crippen molar-refractivity contribution in [3.63, 3.8) is 0 Å². The molecule has 0 spiro atoms. The van der Waals surface area contributed by atoms with E-state index in [-0.39, 0.29) is 5.56 Å². The Morgan fingerprint density at radius 2 is 1.80 bits per heavy atom. The number of rotatable bonds is 2. The highest BCUT2D eigenvalue weighted by Crippen LogP contribution is 2.36. The first-order valence-electron chi connectivity index (χ1n) is 7.88. The highest BCUT2D eigenvalue weighted by atomic mass is 19.1. The van der Waals surface area contributed by atoms with Gasteiger partial charge in [-0.2, -0.15) is 5.10 Å². The van der Waals surface area contributed by atoms with Crippen molar-refractivity contribution >= 4 is 5.65 Å². The Balaban J connectivity index is 2.01. The lowest BCUT2D eigenvalue weighted by Gasteiger charge is -2.08. The molecule has 0 atom stereocenters. The molecule has 4 nitrogen and oxygen atoms in total. The average molecular weight is 338 g/mol. The summed E-state index contributed by atoms with van der Waals surface area (Å²) in [5.74, 6) is -1.27. The van der Waals surface area contributed by atoms with Crippen LogP contribution in [0.1, 0.15) is 11.3 Å². The minimum Gasteiger partial charge on any atom is -0.306 e. The SMILES string of the molecule is Cc1ccn2cc(-c3c(F)cc(F)cc3-c3cn(C)nc3C)nc2c1. The Labute approximate surface area is 143 Å². The Kier molecular flexibility index (Phi) is 3.42. The zero-order valence-corrected chi connectivity index (χ0v) is 14.1. The van der Waals surface area contributed by atoms with Crippen LogP contribution < -0.4 is 0 Å². The summed E-state index contributed by atoms with van der Waals surface area (Å²) in [6.07, 6.45) is 5.38. The molecule has 3 aromatic heterocycles. The monoisotopic (exact) mass is 338 g/mol. The number of benzene rings is 1. The third-order valence-corrected chi connectivity index (χ3v) is 4.23. The summed E-state index contributed by atoms with van der Waals surface area (Å²) in [6, 6.07) is 6.09. The fourth-order valence-electron chi connectivity index (χ4n) is 3.11. The van der Waals surface area contributed by atoms with E-state index in [0.717, 1.165) is 11.6 Å². The third-order valence-electron chi connectivity index (χ3n) is 4.23. The molecule has 126 valence electrons. The average Bonchev–Trinajstić information content (AvgIpc) is 3.08.